The summed E-state index contributed by atoms with van der Waals surface area (Å²) in [6, 6.07) is 45.1. The lowest BCUT2D eigenvalue weighted by molar-refractivity contribution is -0.146. The van der Waals surface area contributed by atoms with E-state index in [0.29, 0.717) is 17.5 Å². The highest BCUT2D eigenvalue weighted by Gasteiger charge is 2.55. The van der Waals surface area contributed by atoms with Crippen LogP contribution in [-0.4, -0.2) is 63.0 Å². The smallest absolute Gasteiger partial charge is 0.356 e. The molecule has 6 rings (SSSR count). The number of nitrogens with zero attached hydrogens (tertiary/aromatic N) is 1. The number of esters is 1. The summed E-state index contributed by atoms with van der Waals surface area (Å²) in [6.45, 7) is -4.55. The number of amides is 2. The Labute approximate surface area is 300 Å². The van der Waals surface area contributed by atoms with Gasteiger partial charge in [-0.2, -0.15) is 0 Å². The molecule has 0 bridgehead atoms. The molecule has 0 spiro atoms. The van der Waals surface area contributed by atoms with Crippen molar-refractivity contribution < 1.29 is 33.8 Å². The highest BCUT2D eigenvalue weighted by Crippen LogP contribution is 2.49. The van der Waals surface area contributed by atoms with Gasteiger partial charge in [-0.1, -0.05) is 151 Å². The zero-order valence-electron chi connectivity index (χ0n) is 27.4. The van der Waals surface area contributed by atoms with Crippen molar-refractivity contribution in [2.75, 3.05) is 13.2 Å². The molecule has 2 atom stereocenters. The number of thioether (sulfide) groups is 1. The predicted molar refractivity (Wildman–Crippen MR) is 201 cm³/mol. The third kappa shape index (κ3) is 7.68. The van der Waals surface area contributed by atoms with Gasteiger partial charge in [0.15, 0.2) is 6.61 Å². The SMILES string of the molecule is O=C(COc1ccccc1)NC1C(=O)N(C(C(=O)OCc2ccccc2)=P(c2ccccc2)(c2ccccc2)c2ccccc2)C1SC(=O)CO. The maximum absolute atomic E-state index is 14.9. The number of benzene rings is 5. The van der Waals surface area contributed by atoms with Gasteiger partial charge >= 0.3 is 5.97 Å². The van der Waals surface area contributed by atoms with E-state index in [1.54, 1.807) is 24.3 Å². The van der Waals surface area contributed by atoms with Crippen LogP contribution in [0.2, 0.25) is 0 Å². The maximum atomic E-state index is 14.9. The van der Waals surface area contributed by atoms with Gasteiger partial charge in [0.2, 0.25) is 5.12 Å². The second-order valence-electron chi connectivity index (χ2n) is 11.5. The lowest BCUT2D eigenvalue weighted by Crippen LogP contribution is -2.73. The molecule has 0 aliphatic carbocycles. The van der Waals surface area contributed by atoms with Crippen molar-refractivity contribution in [1.82, 2.24) is 10.2 Å². The van der Waals surface area contributed by atoms with E-state index < -0.39 is 47.8 Å². The minimum Gasteiger partial charge on any atom is -0.484 e. The average Bonchev–Trinajstić information content (AvgIpc) is 3.19. The molecule has 51 heavy (non-hydrogen) atoms. The zero-order chi connectivity index (χ0) is 35.6. The van der Waals surface area contributed by atoms with Crippen LogP contribution >= 0.6 is 18.6 Å². The average molecular weight is 719 g/mol. The molecule has 1 fully saturated rings. The Morgan fingerprint density at radius 3 is 1.67 bits per heavy atom. The van der Waals surface area contributed by atoms with Crippen molar-refractivity contribution in [3.05, 3.63) is 157 Å². The van der Waals surface area contributed by atoms with Crippen LogP contribution in [0.3, 0.4) is 0 Å². The van der Waals surface area contributed by atoms with E-state index in [2.05, 4.69) is 5.32 Å². The standard InChI is InChI=1S/C40H35N2O7PS/c43-26-35(45)51-39-36(41-34(44)28-48-30-18-8-2-9-19-30)37(46)42(39)38(40(47)49-27-29-16-6-1-7-17-29)50(31-20-10-3-11-21-31,32-22-12-4-13-23-32)33-24-14-5-15-25-33/h1-25,36,39,43H,26-28H2,(H,41,44). The molecule has 2 N–H and O–H groups in total. The van der Waals surface area contributed by atoms with Gasteiger partial charge < -0.3 is 19.9 Å². The number of β-lactam (4-membered cyclic amide) rings is 1. The Morgan fingerprint density at radius 2 is 1.18 bits per heavy atom. The number of nitrogens with one attached hydrogen (secondary N) is 1. The first-order valence-electron chi connectivity index (χ1n) is 16.2. The third-order valence-corrected chi connectivity index (χ3v) is 13.6. The van der Waals surface area contributed by atoms with E-state index in [1.165, 1.54) is 4.90 Å². The molecule has 0 radical (unpaired) electrons. The first kappa shape index (κ1) is 35.4. The summed E-state index contributed by atoms with van der Waals surface area (Å²) in [5, 5.41) is 13.1. The molecule has 258 valence electrons. The molecule has 1 aliphatic rings. The molecule has 11 heteroatoms. The topological polar surface area (TPSA) is 122 Å². The number of hydrogen-bond donors (Lipinski definition) is 2. The normalized spacial score (nSPS) is 15.3. The molecule has 0 aromatic heterocycles. The van der Waals surface area contributed by atoms with Gasteiger partial charge in [-0.05, 0) is 33.6 Å². The van der Waals surface area contributed by atoms with Crippen LogP contribution in [0.5, 0.6) is 5.75 Å². The first-order chi connectivity index (χ1) is 24.9. The Balaban J connectivity index is 1.54. The summed E-state index contributed by atoms with van der Waals surface area (Å²) in [7, 11) is 0. The van der Waals surface area contributed by atoms with Gasteiger partial charge in [0.1, 0.15) is 35.8 Å². The molecule has 5 aromatic rings. The molecular weight excluding hydrogens is 683 g/mol. The quantitative estimate of drug-likeness (QED) is 0.107. The van der Waals surface area contributed by atoms with Crippen molar-refractivity contribution >= 4 is 62.9 Å². The minimum atomic E-state index is -3.28. The Hall–Kier alpha value is -5.41. The fraction of sp³-hybridized carbons (Fsp3) is 0.125. The Kier molecular flexibility index (Phi) is 11.5. The Bertz CT molecular complexity index is 1930. The zero-order valence-corrected chi connectivity index (χ0v) is 29.1. The van der Waals surface area contributed by atoms with Gasteiger partial charge in [-0.3, -0.25) is 19.3 Å². The molecule has 9 nitrogen and oxygen atoms in total. The lowest BCUT2D eigenvalue weighted by atomic mass is 10.1. The van der Waals surface area contributed by atoms with Crippen LogP contribution in [0.4, 0.5) is 0 Å². The number of aliphatic hydroxyl groups excluding tert-OH is 1. The lowest BCUT2D eigenvalue weighted by Gasteiger charge is -2.49. The molecule has 1 saturated heterocycles. The number of aliphatic hydroxyl groups is 1. The molecule has 5 aromatic carbocycles. The summed E-state index contributed by atoms with van der Waals surface area (Å²) < 4.78 is 11.7. The number of rotatable bonds is 13. The van der Waals surface area contributed by atoms with E-state index in [-0.39, 0.29) is 18.6 Å². The van der Waals surface area contributed by atoms with Crippen LogP contribution < -0.4 is 26.0 Å². The van der Waals surface area contributed by atoms with Gasteiger partial charge in [0.05, 0.1) is 0 Å². The molecule has 2 amide bonds. The number of likely N-dealkylation sites (tertiary alicyclic amines) is 1. The molecule has 1 aliphatic heterocycles. The van der Waals surface area contributed by atoms with Gasteiger partial charge in [0, 0.05) is 6.89 Å². The number of hydrogen-bond acceptors (Lipinski definition) is 8. The van der Waals surface area contributed by atoms with E-state index in [4.69, 9.17) is 9.47 Å². The van der Waals surface area contributed by atoms with Gasteiger partial charge in [-0.15, -0.1) is 0 Å². The van der Waals surface area contributed by atoms with Crippen molar-refractivity contribution in [1.29, 1.82) is 0 Å². The number of carbonyl (C=O) groups is 4. The maximum Gasteiger partial charge on any atom is 0.356 e. The van der Waals surface area contributed by atoms with Crippen LogP contribution in [0.15, 0.2) is 152 Å². The third-order valence-electron chi connectivity index (χ3n) is 8.23. The monoisotopic (exact) mass is 718 g/mol. The van der Waals surface area contributed by atoms with Crippen molar-refractivity contribution in [2.45, 2.75) is 18.0 Å². The summed E-state index contributed by atoms with van der Waals surface area (Å²) in [6.07, 6.45) is 0. The van der Waals surface area contributed by atoms with Gasteiger partial charge in [-0.25, -0.2) is 4.79 Å². The summed E-state index contributed by atoms with van der Waals surface area (Å²) in [5.74, 6) is -1.49. The molecule has 2 unspecified atom stereocenters. The van der Waals surface area contributed by atoms with Crippen LogP contribution in [0.25, 0.3) is 0 Å². The fourth-order valence-corrected chi connectivity index (χ4v) is 11.4. The molecule has 0 saturated carbocycles. The number of carbonyl (C=O) groups excluding carboxylic acids is 4. The minimum absolute atomic E-state index is 0.0429. The van der Waals surface area contributed by atoms with E-state index >= 15 is 0 Å². The van der Waals surface area contributed by atoms with Crippen LogP contribution in [-0.2, 0) is 30.5 Å². The van der Waals surface area contributed by atoms with Crippen LogP contribution in [0.1, 0.15) is 5.56 Å². The fourth-order valence-electron chi connectivity index (χ4n) is 5.95. The van der Waals surface area contributed by atoms with Crippen LogP contribution in [0, 0.1) is 0 Å². The van der Waals surface area contributed by atoms with Crippen molar-refractivity contribution in [3.63, 3.8) is 0 Å². The summed E-state index contributed by atoms with van der Waals surface area (Å²) in [4.78, 5) is 56.7. The van der Waals surface area contributed by atoms with Crippen molar-refractivity contribution in [3.8, 4) is 5.75 Å². The first-order valence-corrected chi connectivity index (χ1v) is 18.9. The van der Waals surface area contributed by atoms with Crippen molar-refractivity contribution in [2.24, 2.45) is 0 Å². The second-order valence-corrected chi connectivity index (χ2v) is 15.9. The molecule has 1 heterocycles. The highest BCUT2D eigenvalue weighted by molar-refractivity contribution is 8.14. The molecular formula is C40H35N2O7PS. The van der Waals surface area contributed by atoms with E-state index in [0.717, 1.165) is 21.5 Å². The predicted octanol–water partition coefficient (Wildman–Crippen LogP) is 3.84. The summed E-state index contributed by atoms with van der Waals surface area (Å²) in [5.41, 5.74) is 0.787. The number of ether oxygens (including phenoxy) is 2. The van der Waals surface area contributed by atoms with E-state index in [1.807, 2.05) is 127 Å². The highest BCUT2D eigenvalue weighted by atomic mass is 32.2. The number of para-hydroxylation sites is 1. The second kappa shape index (κ2) is 16.5. The Morgan fingerprint density at radius 1 is 0.706 bits per heavy atom. The van der Waals surface area contributed by atoms with E-state index in [9.17, 15) is 24.3 Å². The largest absolute Gasteiger partial charge is 0.484 e. The van der Waals surface area contributed by atoms with Gasteiger partial charge in [0.25, 0.3) is 11.8 Å². The summed E-state index contributed by atoms with van der Waals surface area (Å²) >= 11 is 0.674.